The fourth-order valence-electron chi connectivity index (χ4n) is 2.34. The van der Waals surface area contributed by atoms with Gasteiger partial charge in [0, 0.05) is 31.7 Å². The molecule has 0 fully saturated rings. The molecule has 0 bridgehead atoms. The first kappa shape index (κ1) is 20.1. The molecular formula is C18H30N4O2. The fourth-order valence-corrected chi connectivity index (χ4v) is 2.34. The molecule has 0 aromatic carbocycles. The Balaban J connectivity index is 2.66. The summed E-state index contributed by atoms with van der Waals surface area (Å²) in [5, 5.41) is 2.86. The number of carbonyl (C=O) groups is 2. The number of hydrogen-bond acceptors (Lipinski definition) is 4. The monoisotopic (exact) mass is 334 g/mol. The van der Waals surface area contributed by atoms with Gasteiger partial charge in [-0.2, -0.15) is 0 Å². The maximum absolute atomic E-state index is 12.6. The van der Waals surface area contributed by atoms with Crippen LogP contribution in [0.4, 0.5) is 0 Å². The molecule has 0 radical (unpaired) electrons. The van der Waals surface area contributed by atoms with E-state index >= 15 is 0 Å². The number of nitrogens with one attached hydrogen (secondary N) is 1. The molecule has 0 spiro atoms. The maximum atomic E-state index is 12.6. The number of aromatic nitrogens is 2. The second-order valence-electron chi connectivity index (χ2n) is 6.37. The van der Waals surface area contributed by atoms with Crippen LogP contribution in [0.25, 0.3) is 0 Å². The molecule has 0 aliphatic carbocycles. The highest BCUT2D eigenvalue weighted by Gasteiger charge is 2.18. The van der Waals surface area contributed by atoms with Gasteiger partial charge in [0.15, 0.2) is 0 Å². The molecule has 6 nitrogen and oxygen atoms in total. The quantitative estimate of drug-likeness (QED) is 0.668. The normalized spacial score (nSPS) is 10.7. The van der Waals surface area contributed by atoms with Crippen molar-refractivity contribution in [2.24, 2.45) is 0 Å². The molecule has 2 amide bonds. The summed E-state index contributed by atoms with van der Waals surface area (Å²) in [7, 11) is 0. The Kier molecular flexibility index (Phi) is 8.97. The smallest absolute Gasteiger partial charge is 0.274 e. The molecular weight excluding hydrogens is 304 g/mol. The Morgan fingerprint density at radius 3 is 2.46 bits per heavy atom. The summed E-state index contributed by atoms with van der Waals surface area (Å²) < 4.78 is 0. The summed E-state index contributed by atoms with van der Waals surface area (Å²) in [6, 6.07) is 0.106. The molecule has 1 aromatic heterocycles. The zero-order valence-electron chi connectivity index (χ0n) is 15.3. The first-order valence-corrected chi connectivity index (χ1v) is 8.81. The van der Waals surface area contributed by atoms with Gasteiger partial charge in [-0.15, -0.1) is 0 Å². The second kappa shape index (κ2) is 10.7. The first-order chi connectivity index (χ1) is 11.4. The minimum absolute atomic E-state index is 0.0358. The average Bonchev–Trinajstić information content (AvgIpc) is 2.53. The summed E-state index contributed by atoms with van der Waals surface area (Å²) in [6.45, 7) is 8.88. The SMILES string of the molecule is CCCCCCN(CCC(=O)NC(C)C)C(=O)c1cnc(C)cn1. The van der Waals surface area contributed by atoms with Gasteiger partial charge in [-0.25, -0.2) is 4.98 Å². The minimum atomic E-state index is -0.156. The number of hydrogen-bond donors (Lipinski definition) is 1. The highest BCUT2D eigenvalue weighted by atomic mass is 16.2. The van der Waals surface area contributed by atoms with Crippen LogP contribution in [0.2, 0.25) is 0 Å². The largest absolute Gasteiger partial charge is 0.354 e. The lowest BCUT2D eigenvalue weighted by molar-refractivity contribution is -0.121. The van der Waals surface area contributed by atoms with Gasteiger partial charge in [0.1, 0.15) is 5.69 Å². The van der Waals surface area contributed by atoms with Crippen molar-refractivity contribution in [3.63, 3.8) is 0 Å². The number of amides is 2. The van der Waals surface area contributed by atoms with Crippen LogP contribution in [0, 0.1) is 6.92 Å². The van der Waals surface area contributed by atoms with E-state index in [0.717, 1.165) is 31.4 Å². The van der Waals surface area contributed by atoms with Gasteiger partial charge < -0.3 is 10.2 Å². The molecule has 1 heterocycles. The van der Waals surface area contributed by atoms with E-state index in [1.807, 2.05) is 20.8 Å². The molecule has 1 N–H and O–H groups in total. The van der Waals surface area contributed by atoms with Gasteiger partial charge in [0.2, 0.25) is 5.91 Å². The van der Waals surface area contributed by atoms with E-state index in [0.29, 0.717) is 25.2 Å². The number of aryl methyl sites for hydroxylation is 1. The first-order valence-electron chi connectivity index (χ1n) is 8.81. The van der Waals surface area contributed by atoms with Crippen molar-refractivity contribution < 1.29 is 9.59 Å². The Hall–Kier alpha value is -1.98. The van der Waals surface area contributed by atoms with Crippen molar-refractivity contribution in [3.05, 3.63) is 23.8 Å². The van der Waals surface area contributed by atoms with Gasteiger partial charge in [-0.05, 0) is 27.2 Å². The second-order valence-corrected chi connectivity index (χ2v) is 6.37. The predicted octanol–water partition coefficient (Wildman–Crippen LogP) is 2.72. The molecule has 0 atom stereocenters. The third kappa shape index (κ3) is 7.53. The van der Waals surface area contributed by atoms with Gasteiger partial charge in [0.05, 0.1) is 11.9 Å². The third-order valence-electron chi connectivity index (χ3n) is 3.63. The van der Waals surface area contributed by atoms with Crippen molar-refractivity contribution >= 4 is 11.8 Å². The van der Waals surface area contributed by atoms with E-state index in [-0.39, 0.29) is 17.9 Å². The Morgan fingerprint density at radius 2 is 1.88 bits per heavy atom. The van der Waals surface area contributed by atoms with Crippen molar-refractivity contribution in [2.45, 2.75) is 65.8 Å². The van der Waals surface area contributed by atoms with Crippen LogP contribution in [-0.2, 0) is 4.79 Å². The Bertz CT molecular complexity index is 514. The molecule has 24 heavy (non-hydrogen) atoms. The molecule has 0 saturated heterocycles. The molecule has 0 unspecified atom stereocenters. The molecule has 1 rings (SSSR count). The number of nitrogens with zero attached hydrogens (tertiary/aromatic N) is 3. The molecule has 0 saturated carbocycles. The maximum Gasteiger partial charge on any atom is 0.274 e. The Morgan fingerprint density at radius 1 is 1.12 bits per heavy atom. The molecule has 0 aliphatic heterocycles. The van der Waals surface area contributed by atoms with Crippen LogP contribution < -0.4 is 5.32 Å². The van der Waals surface area contributed by atoms with Crippen LogP contribution in [0.5, 0.6) is 0 Å². The highest BCUT2D eigenvalue weighted by molar-refractivity contribution is 5.92. The number of unbranched alkanes of at least 4 members (excludes halogenated alkanes) is 3. The summed E-state index contributed by atoms with van der Waals surface area (Å²) in [6.07, 6.45) is 7.72. The van der Waals surface area contributed by atoms with Crippen LogP contribution in [-0.4, -0.2) is 45.8 Å². The number of rotatable bonds is 10. The number of carbonyl (C=O) groups excluding carboxylic acids is 2. The predicted molar refractivity (Wildman–Crippen MR) is 94.7 cm³/mol. The van der Waals surface area contributed by atoms with E-state index in [9.17, 15) is 9.59 Å². The lowest BCUT2D eigenvalue weighted by Crippen LogP contribution is -2.38. The average molecular weight is 334 g/mol. The highest BCUT2D eigenvalue weighted by Crippen LogP contribution is 2.07. The van der Waals surface area contributed by atoms with Crippen molar-refractivity contribution in [2.75, 3.05) is 13.1 Å². The van der Waals surface area contributed by atoms with Crippen LogP contribution >= 0.6 is 0 Å². The van der Waals surface area contributed by atoms with Crippen LogP contribution in [0.1, 0.15) is 69.1 Å². The molecule has 0 aliphatic rings. The zero-order valence-corrected chi connectivity index (χ0v) is 15.3. The molecule has 1 aromatic rings. The topological polar surface area (TPSA) is 75.2 Å². The third-order valence-corrected chi connectivity index (χ3v) is 3.63. The molecule has 134 valence electrons. The standard InChI is InChI=1S/C18H30N4O2/c1-5-6-7-8-10-22(11-9-17(23)21-14(2)3)18(24)16-13-19-15(4)12-20-16/h12-14H,5-11H2,1-4H3,(H,21,23). The van der Waals surface area contributed by atoms with Crippen LogP contribution in [0.3, 0.4) is 0 Å². The van der Waals surface area contributed by atoms with E-state index in [1.54, 1.807) is 11.1 Å². The minimum Gasteiger partial charge on any atom is -0.354 e. The Labute approximate surface area is 145 Å². The summed E-state index contributed by atoms with van der Waals surface area (Å²) in [5.74, 6) is -0.192. The summed E-state index contributed by atoms with van der Waals surface area (Å²) in [5.41, 5.74) is 1.11. The summed E-state index contributed by atoms with van der Waals surface area (Å²) >= 11 is 0. The van der Waals surface area contributed by atoms with E-state index in [4.69, 9.17) is 0 Å². The van der Waals surface area contributed by atoms with E-state index < -0.39 is 0 Å². The van der Waals surface area contributed by atoms with Crippen molar-refractivity contribution in [3.8, 4) is 0 Å². The van der Waals surface area contributed by atoms with Gasteiger partial charge in [0.25, 0.3) is 5.91 Å². The lowest BCUT2D eigenvalue weighted by Gasteiger charge is -2.22. The summed E-state index contributed by atoms with van der Waals surface area (Å²) in [4.78, 5) is 34.5. The van der Waals surface area contributed by atoms with Gasteiger partial charge in [-0.1, -0.05) is 26.2 Å². The van der Waals surface area contributed by atoms with Gasteiger partial charge >= 0.3 is 0 Å². The van der Waals surface area contributed by atoms with E-state index in [2.05, 4.69) is 22.2 Å². The van der Waals surface area contributed by atoms with E-state index in [1.165, 1.54) is 6.20 Å². The fraction of sp³-hybridized carbons (Fsp3) is 0.667. The lowest BCUT2D eigenvalue weighted by atomic mass is 10.2. The van der Waals surface area contributed by atoms with Crippen molar-refractivity contribution in [1.82, 2.24) is 20.2 Å². The van der Waals surface area contributed by atoms with Crippen LogP contribution in [0.15, 0.2) is 12.4 Å². The van der Waals surface area contributed by atoms with Crippen molar-refractivity contribution in [1.29, 1.82) is 0 Å². The zero-order chi connectivity index (χ0) is 17.9. The van der Waals surface area contributed by atoms with Gasteiger partial charge in [-0.3, -0.25) is 14.6 Å². The molecule has 6 heteroatoms.